The molecule has 0 spiro atoms. The zero-order chi connectivity index (χ0) is 12.4. The lowest BCUT2D eigenvalue weighted by Gasteiger charge is -2.04. The van der Waals surface area contributed by atoms with Gasteiger partial charge >= 0.3 is 0 Å². The van der Waals surface area contributed by atoms with E-state index < -0.39 is 0 Å². The lowest BCUT2D eigenvalue weighted by atomic mass is 10.0. The molecule has 0 aliphatic carbocycles. The highest BCUT2D eigenvalue weighted by Crippen LogP contribution is 2.18. The minimum atomic E-state index is 0.216. The lowest BCUT2D eigenvalue weighted by molar-refractivity contribution is 0.0993. The number of thiophene rings is 1. The maximum Gasteiger partial charge on any atom is 0.168 e. The van der Waals surface area contributed by atoms with Gasteiger partial charge in [-0.25, -0.2) is 0 Å². The Morgan fingerprint density at radius 1 is 1.12 bits per heavy atom. The van der Waals surface area contributed by atoms with Crippen molar-refractivity contribution in [2.45, 2.75) is 27.2 Å². The Balaban J connectivity index is 2.21. The molecule has 0 N–H and O–H groups in total. The third kappa shape index (κ3) is 2.83. The van der Waals surface area contributed by atoms with Gasteiger partial charge in [-0.2, -0.15) is 0 Å². The van der Waals surface area contributed by atoms with E-state index in [9.17, 15) is 4.79 Å². The smallest absolute Gasteiger partial charge is 0.168 e. The van der Waals surface area contributed by atoms with Gasteiger partial charge in [0, 0.05) is 16.9 Å². The normalized spacial score (nSPS) is 10.5. The molecule has 0 fully saturated rings. The van der Waals surface area contributed by atoms with Gasteiger partial charge in [-0.3, -0.25) is 4.79 Å². The topological polar surface area (TPSA) is 17.1 Å². The SMILES string of the molecule is Cc1cc(C)cc(CC(=O)c2ccsc2C)c1. The highest BCUT2D eigenvalue weighted by molar-refractivity contribution is 7.10. The van der Waals surface area contributed by atoms with Crippen LogP contribution in [0.3, 0.4) is 0 Å². The first-order chi connectivity index (χ1) is 8.06. The maximum absolute atomic E-state index is 12.1. The molecule has 0 aliphatic heterocycles. The van der Waals surface area contributed by atoms with Gasteiger partial charge in [0.05, 0.1) is 0 Å². The van der Waals surface area contributed by atoms with Gasteiger partial charge in [-0.05, 0) is 37.8 Å². The van der Waals surface area contributed by atoms with Crippen LogP contribution >= 0.6 is 11.3 Å². The van der Waals surface area contributed by atoms with Crippen LogP contribution in [0.1, 0.15) is 31.9 Å². The molecule has 2 heteroatoms. The van der Waals surface area contributed by atoms with Gasteiger partial charge in [0.15, 0.2) is 5.78 Å². The molecule has 0 unspecified atom stereocenters. The molecule has 0 saturated heterocycles. The Morgan fingerprint density at radius 3 is 2.29 bits per heavy atom. The summed E-state index contributed by atoms with van der Waals surface area (Å²) in [6.45, 7) is 6.13. The monoisotopic (exact) mass is 244 g/mol. The standard InChI is InChI=1S/C15H16OS/c1-10-6-11(2)8-13(7-10)9-15(16)14-4-5-17-12(14)3/h4-8H,9H2,1-3H3. The van der Waals surface area contributed by atoms with E-state index in [1.165, 1.54) is 11.1 Å². The Bertz CT molecular complexity index is 532. The van der Waals surface area contributed by atoms with Crippen molar-refractivity contribution in [3.8, 4) is 0 Å². The largest absolute Gasteiger partial charge is 0.294 e. The molecule has 1 aromatic heterocycles. The number of aryl methyl sites for hydroxylation is 3. The minimum Gasteiger partial charge on any atom is -0.294 e. The quantitative estimate of drug-likeness (QED) is 0.743. The van der Waals surface area contributed by atoms with Crippen LogP contribution in [0.4, 0.5) is 0 Å². The van der Waals surface area contributed by atoms with Crippen LogP contribution < -0.4 is 0 Å². The Hall–Kier alpha value is -1.41. The van der Waals surface area contributed by atoms with Crippen molar-refractivity contribution in [3.63, 3.8) is 0 Å². The van der Waals surface area contributed by atoms with Crippen molar-refractivity contribution in [2.75, 3.05) is 0 Å². The average Bonchev–Trinajstić information content (AvgIpc) is 2.62. The van der Waals surface area contributed by atoms with Gasteiger partial charge < -0.3 is 0 Å². The first-order valence-corrected chi connectivity index (χ1v) is 6.58. The van der Waals surface area contributed by atoms with Crippen molar-refractivity contribution in [1.29, 1.82) is 0 Å². The highest BCUT2D eigenvalue weighted by Gasteiger charge is 2.11. The second kappa shape index (κ2) is 4.84. The van der Waals surface area contributed by atoms with Crippen molar-refractivity contribution < 1.29 is 4.79 Å². The van der Waals surface area contributed by atoms with Crippen molar-refractivity contribution in [2.24, 2.45) is 0 Å². The van der Waals surface area contributed by atoms with Crippen LogP contribution in [0.5, 0.6) is 0 Å². The van der Waals surface area contributed by atoms with E-state index in [0.29, 0.717) is 6.42 Å². The molecule has 2 rings (SSSR count). The summed E-state index contributed by atoms with van der Waals surface area (Å²) < 4.78 is 0. The Morgan fingerprint density at radius 2 is 1.76 bits per heavy atom. The average molecular weight is 244 g/mol. The summed E-state index contributed by atoms with van der Waals surface area (Å²) in [5, 5.41) is 1.98. The molecule has 1 aromatic carbocycles. The van der Waals surface area contributed by atoms with Gasteiger partial charge in [-0.1, -0.05) is 29.3 Å². The third-order valence-electron chi connectivity index (χ3n) is 2.81. The first-order valence-electron chi connectivity index (χ1n) is 5.71. The van der Waals surface area contributed by atoms with Crippen molar-refractivity contribution in [1.82, 2.24) is 0 Å². The summed E-state index contributed by atoms with van der Waals surface area (Å²) in [7, 11) is 0. The lowest BCUT2D eigenvalue weighted by Crippen LogP contribution is -2.04. The predicted molar refractivity (Wildman–Crippen MR) is 73.0 cm³/mol. The molecule has 0 radical (unpaired) electrons. The molecular weight excluding hydrogens is 228 g/mol. The van der Waals surface area contributed by atoms with E-state index in [1.807, 2.05) is 18.4 Å². The second-order valence-electron chi connectivity index (χ2n) is 4.49. The molecular formula is C15H16OS. The molecule has 1 heterocycles. The molecule has 1 nitrogen and oxygen atoms in total. The summed E-state index contributed by atoms with van der Waals surface area (Å²) in [6, 6.07) is 8.23. The molecule has 88 valence electrons. The number of ketones is 1. The Kier molecular flexibility index (Phi) is 3.43. The van der Waals surface area contributed by atoms with Gasteiger partial charge in [0.1, 0.15) is 0 Å². The van der Waals surface area contributed by atoms with E-state index in [-0.39, 0.29) is 5.78 Å². The zero-order valence-electron chi connectivity index (χ0n) is 10.4. The fourth-order valence-electron chi connectivity index (χ4n) is 2.13. The van der Waals surface area contributed by atoms with Gasteiger partial charge in [0.2, 0.25) is 0 Å². The Labute approximate surface area is 106 Å². The number of Topliss-reactive ketones (excluding diaryl/α,β-unsaturated/α-hetero) is 1. The number of rotatable bonds is 3. The van der Waals surface area contributed by atoms with E-state index in [2.05, 4.69) is 32.0 Å². The maximum atomic E-state index is 12.1. The van der Waals surface area contributed by atoms with Crippen LogP contribution in [-0.2, 0) is 6.42 Å². The minimum absolute atomic E-state index is 0.216. The summed E-state index contributed by atoms with van der Waals surface area (Å²) in [5.41, 5.74) is 4.41. The fourth-order valence-corrected chi connectivity index (χ4v) is 2.84. The fraction of sp³-hybridized carbons (Fsp3) is 0.267. The molecule has 0 amide bonds. The van der Waals surface area contributed by atoms with Gasteiger partial charge in [0.25, 0.3) is 0 Å². The highest BCUT2D eigenvalue weighted by atomic mass is 32.1. The number of carbonyl (C=O) groups is 1. The summed E-state index contributed by atoms with van der Waals surface area (Å²) >= 11 is 1.63. The van der Waals surface area contributed by atoms with Crippen LogP contribution in [0.15, 0.2) is 29.6 Å². The van der Waals surface area contributed by atoms with E-state index in [4.69, 9.17) is 0 Å². The summed E-state index contributed by atoms with van der Waals surface area (Å²) in [5.74, 6) is 0.216. The first kappa shape index (κ1) is 12.1. The number of benzene rings is 1. The van der Waals surface area contributed by atoms with Crippen molar-refractivity contribution in [3.05, 3.63) is 56.8 Å². The summed E-state index contributed by atoms with van der Waals surface area (Å²) in [6.07, 6.45) is 0.500. The van der Waals surface area contributed by atoms with E-state index in [0.717, 1.165) is 16.0 Å². The van der Waals surface area contributed by atoms with Crippen LogP contribution in [0.25, 0.3) is 0 Å². The van der Waals surface area contributed by atoms with Crippen LogP contribution in [-0.4, -0.2) is 5.78 Å². The number of hydrogen-bond donors (Lipinski definition) is 0. The molecule has 17 heavy (non-hydrogen) atoms. The molecule has 2 aromatic rings. The second-order valence-corrected chi connectivity index (χ2v) is 5.61. The molecule has 0 saturated carbocycles. The van der Waals surface area contributed by atoms with E-state index in [1.54, 1.807) is 11.3 Å². The van der Waals surface area contributed by atoms with Crippen LogP contribution in [0.2, 0.25) is 0 Å². The predicted octanol–water partition coefficient (Wildman–Crippen LogP) is 4.10. The molecule has 0 bridgehead atoms. The third-order valence-corrected chi connectivity index (χ3v) is 3.65. The number of hydrogen-bond acceptors (Lipinski definition) is 2. The summed E-state index contributed by atoms with van der Waals surface area (Å²) in [4.78, 5) is 13.2. The van der Waals surface area contributed by atoms with Crippen molar-refractivity contribution >= 4 is 17.1 Å². The van der Waals surface area contributed by atoms with Gasteiger partial charge in [-0.15, -0.1) is 11.3 Å². The number of carbonyl (C=O) groups excluding carboxylic acids is 1. The molecule has 0 atom stereocenters. The molecule has 0 aliphatic rings. The zero-order valence-corrected chi connectivity index (χ0v) is 11.2. The van der Waals surface area contributed by atoms with Crippen LogP contribution in [0, 0.1) is 20.8 Å². The van der Waals surface area contributed by atoms with E-state index >= 15 is 0 Å².